The van der Waals surface area contributed by atoms with Crippen LogP contribution in [0.3, 0.4) is 0 Å². The Labute approximate surface area is 451 Å². The summed E-state index contributed by atoms with van der Waals surface area (Å²) in [5.41, 5.74) is 0. The van der Waals surface area contributed by atoms with Crippen LogP contribution in [0.15, 0.2) is 85.1 Å². The van der Waals surface area contributed by atoms with Gasteiger partial charge in [0.15, 0.2) is 6.10 Å². The van der Waals surface area contributed by atoms with Crippen molar-refractivity contribution in [3.8, 4) is 0 Å². The van der Waals surface area contributed by atoms with Crippen LogP contribution in [-0.2, 0) is 42.2 Å². The molecule has 2 N–H and O–H groups in total. The maximum Gasteiger partial charge on any atom is 0.472 e. The highest BCUT2D eigenvalue weighted by Crippen LogP contribution is 2.43. The maximum atomic E-state index is 12.9. The van der Waals surface area contributed by atoms with Gasteiger partial charge in [-0.3, -0.25) is 23.4 Å². The fourth-order valence-corrected chi connectivity index (χ4v) is 8.63. The number of aliphatic hydroxyl groups excluding tert-OH is 1. The molecular formula is C62H107O11P. The third-order valence-electron chi connectivity index (χ3n) is 12.3. The molecule has 0 saturated heterocycles. The van der Waals surface area contributed by atoms with Crippen molar-refractivity contribution in [2.75, 3.05) is 26.4 Å². The average molecular weight is 1060 g/mol. The highest BCUT2D eigenvalue weighted by atomic mass is 31.2. The van der Waals surface area contributed by atoms with E-state index in [1.165, 1.54) is 44.9 Å². The lowest BCUT2D eigenvalue weighted by Gasteiger charge is -2.21. The lowest BCUT2D eigenvalue weighted by Crippen LogP contribution is -2.30. The van der Waals surface area contributed by atoms with E-state index in [4.69, 9.17) is 23.3 Å². The Morgan fingerprint density at radius 2 is 0.703 bits per heavy atom. The summed E-state index contributed by atoms with van der Waals surface area (Å²) < 4.78 is 39.5. The van der Waals surface area contributed by atoms with E-state index >= 15 is 0 Å². The fraction of sp³-hybridized carbons (Fsp3) is 0.726. The van der Waals surface area contributed by atoms with Gasteiger partial charge < -0.3 is 24.2 Å². The van der Waals surface area contributed by atoms with E-state index in [0.717, 1.165) is 148 Å². The molecule has 0 aliphatic rings. The van der Waals surface area contributed by atoms with E-state index in [1.54, 1.807) is 0 Å². The number of unbranched alkanes of at least 4 members (excludes halogenated alkanes) is 23. The molecule has 0 saturated carbocycles. The largest absolute Gasteiger partial charge is 0.472 e. The number of rotatable bonds is 54. The molecule has 0 heterocycles. The number of hydrogen-bond donors (Lipinski definition) is 2. The van der Waals surface area contributed by atoms with Crippen molar-refractivity contribution < 1.29 is 52.2 Å². The maximum absolute atomic E-state index is 12.9. The van der Waals surface area contributed by atoms with Crippen LogP contribution in [-0.4, -0.2) is 66.5 Å². The number of hydrogen-bond acceptors (Lipinski definition) is 10. The molecule has 0 fully saturated rings. The van der Waals surface area contributed by atoms with Crippen LogP contribution >= 0.6 is 7.82 Å². The summed E-state index contributed by atoms with van der Waals surface area (Å²) in [6, 6.07) is 0. The number of ether oxygens (including phenoxy) is 3. The van der Waals surface area contributed by atoms with Gasteiger partial charge in [-0.05, 0) is 109 Å². The van der Waals surface area contributed by atoms with Crippen molar-refractivity contribution in [2.24, 2.45) is 0 Å². The zero-order chi connectivity index (χ0) is 54.1. The summed E-state index contributed by atoms with van der Waals surface area (Å²) in [6.07, 6.45) is 63.9. The van der Waals surface area contributed by atoms with Crippen LogP contribution in [0.5, 0.6) is 0 Å². The third kappa shape index (κ3) is 53.5. The van der Waals surface area contributed by atoms with Gasteiger partial charge in [0.1, 0.15) is 12.7 Å². The van der Waals surface area contributed by atoms with Gasteiger partial charge >= 0.3 is 25.7 Å². The first-order valence-corrected chi connectivity index (χ1v) is 31.0. The molecule has 74 heavy (non-hydrogen) atoms. The van der Waals surface area contributed by atoms with Gasteiger partial charge in [-0.2, -0.15) is 0 Å². The van der Waals surface area contributed by atoms with E-state index in [-0.39, 0.29) is 25.9 Å². The van der Waals surface area contributed by atoms with E-state index in [9.17, 15) is 28.9 Å². The molecule has 0 radical (unpaired) electrons. The van der Waals surface area contributed by atoms with Crippen molar-refractivity contribution >= 4 is 25.7 Å². The van der Waals surface area contributed by atoms with Crippen LogP contribution in [0.2, 0.25) is 0 Å². The van der Waals surface area contributed by atoms with Gasteiger partial charge in [-0.1, -0.05) is 209 Å². The number of carbonyl (C=O) groups excluding carboxylic acids is 3. The smallest absolute Gasteiger partial charge is 0.462 e. The first kappa shape index (κ1) is 70.7. The SMILES string of the molecule is CC/C=C\C/C=C\C/C=C\CCCCCCCCCC(=O)OC(COC(=O)CCCCCCC/C=C\CCCCCCCC)COP(=O)(O)OCC(CO)OC(=O)CCCCCCC/C=C\C/C=C\C/C=C\CC. The molecule has 0 amide bonds. The summed E-state index contributed by atoms with van der Waals surface area (Å²) in [5.74, 6) is -1.50. The van der Waals surface area contributed by atoms with Gasteiger partial charge in [0, 0.05) is 19.3 Å². The molecule has 0 spiro atoms. The van der Waals surface area contributed by atoms with E-state index in [1.807, 2.05) is 0 Å². The Balaban J connectivity index is 4.76. The number of carbonyl (C=O) groups is 3. The molecule has 0 rings (SSSR count). The Kier molecular flexibility index (Phi) is 53.4. The summed E-state index contributed by atoms with van der Waals surface area (Å²) >= 11 is 0. The minimum absolute atomic E-state index is 0.151. The van der Waals surface area contributed by atoms with E-state index in [0.29, 0.717) is 19.3 Å². The van der Waals surface area contributed by atoms with Crippen LogP contribution in [0, 0.1) is 0 Å². The highest BCUT2D eigenvalue weighted by Gasteiger charge is 2.28. The van der Waals surface area contributed by atoms with Crippen molar-refractivity contribution in [1.29, 1.82) is 0 Å². The molecule has 0 aromatic heterocycles. The first-order valence-electron chi connectivity index (χ1n) is 29.5. The zero-order valence-electron chi connectivity index (χ0n) is 47.0. The number of phosphoric acid groups is 1. The number of allylic oxidation sites excluding steroid dienone is 14. The minimum Gasteiger partial charge on any atom is -0.462 e. The molecule has 0 aromatic carbocycles. The summed E-state index contributed by atoms with van der Waals surface area (Å²) in [4.78, 5) is 48.6. The lowest BCUT2D eigenvalue weighted by molar-refractivity contribution is -0.161. The van der Waals surface area contributed by atoms with Gasteiger partial charge in [0.25, 0.3) is 0 Å². The fourth-order valence-electron chi connectivity index (χ4n) is 7.85. The number of esters is 3. The second-order valence-corrected chi connectivity index (χ2v) is 20.8. The molecule has 0 aromatic rings. The Morgan fingerprint density at radius 1 is 0.392 bits per heavy atom. The quantitative estimate of drug-likeness (QED) is 0.0197. The number of phosphoric ester groups is 1. The van der Waals surface area contributed by atoms with E-state index < -0.39 is 57.8 Å². The molecule has 0 aliphatic carbocycles. The molecule has 0 bridgehead atoms. The predicted octanol–water partition coefficient (Wildman–Crippen LogP) is 17.5. The zero-order valence-corrected chi connectivity index (χ0v) is 47.9. The molecule has 12 heteroatoms. The summed E-state index contributed by atoms with van der Waals surface area (Å²) in [5, 5.41) is 9.82. The van der Waals surface area contributed by atoms with Crippen molar-refractivity contribution in [3.63, 3.8) is 0 Å². The molecule has 3 unspecified atom stereocenters. The molecule has 426 valence electrons. The lowest BCUT2D eigenvalue weighted by atomic mass is 10.1. The molecule has 0 aliphatic heterocycles. The predicted molar refractivity (Wildman–Crippen MR) is 307 cm³/mol. The van der Waals surface area contributed by atoms with Gasteiger partial charge in [-0.25, -0.2) is 4.57 Å². The van der Waals surface area contributed by atoms with Gasteiger partial charge in [0.2, 0.25) is 0 Å². The van der Waals surface area contributed by atoms with Crippen LogP contribution in [0.4, 0.5) is 0 Å². The van der Waals surface area contributed by atoms with Crippen LogP contribution in [0.25, 0.3) is 0 Å². The third-order valence-corrected chi connectivity index (χ3v) is 13.2. The molecular weight excluding hydrogens is 952 g/mol. The second-order valence-electron chi connectivity index (χ2n) is 19.4. The van der Waals surface area contributed by atoms with E-state index in [2.05, 4.69) is 106 Å². The monoisotopic (exact) mass is 1060 g/mol. The van der Waals surface area contributed by atoms with Gasteiger partial charge in [0.05, 0.1) is 19.8 Å². The Bertz CT molecular complexity index is 1560. The standard InChI is InChI=1S/C62H107O11P/c1-4-7-10-13-16-19-22-25-28-29-32-35-38-41-44-47-50-53-62(66)73-59(55-69-60(64)51-48-45-42-39-36-33-30-26-23-20-17-14-11-8-5-2)57-71-74(67,68)70-56-58(54-63)72-61(65)52-49-46-43-40-37-34-31-27-24-21-18-15-12-9-6-3/h7,9-10,12,16,18-19,21,25-28,30-31,58-59,63H,4-6,8,11,13-15,17,20,22-24,29,32-57H2,1-3H3,(H,67,68)/b10-7-,12-9-,19-16-,21-18-,28-25-,30-26-,31-27-. The topological polar surface area (TPSA) is 155 Å². The number of aliphatic hydroxyl groups is 1. The Hall–Kier alpha value is -3.34. The highest BCUT2D eigenvalue weighted by molar-refractivity contribution is 7.47. The Morgan fingerprint density at radius 3 is 1.09 bits per heavy atom. The van der Waals surface area contributed by atoms with Crippen LogP contribution in [0.1, 0.15) is 252 Å². The first-order chi connectivity index (χ1) is 36.2. The van der Waals surface area contributed by atoms with Crippen molar-refractivity contribution in [2.45, 2.75) is 264 Å². The second kappa shape index (κ2) is 55.9. The summed E-state index contributed by atoms with van der Waals surface area (Å²) in [7, 11) is -4.76. The normalized spacial score (nSPS) is 14.0. The molecule has 11 nitrogen and oxygen atoms in total. The minimum atomic E-state index is -4.76. The van der Waals surface area contributed by atoms with Crippen LogP contribution < -0.4 is 0 Å². The molecule has 3 atom stereocenters. The van der Waals surface area contributed by atoms with Gasteiger partial charge in [-0.15, -0.1) is 0 Å². The summed E-state index contributed by atoms with van der Waals surface area (Å²) in [6.45, 7) is 4.39. The van der Waals surface area contributed by atoms with Crippen molar-refractivity contribution in [3.05, 3.63) is 85.1 Å². The average Bonchev–Trinajstić information content (AvgIpc) is 3.39. The van der Waals surface area contributed by atoms with Crippen molar-refractivity contribution in [1.82, 2.24) is 0 Å².